The maximum Gasteiger partial charge on any atom is 0.257 e. The highest BCUT2D eigenvalue weighted by atomic mass is 32.2. The SMILES string of the molecule is CCCc1noc(-c2cccc(CNC(=NC)NCC3(C)CCCS3)c2)n1. The van der Waals surface area contributed by atoms with E-state index in [0.717, 1.165) is 42.3 Å². The van der Waals surface area contributed by atoms with Gasteiger partial charge in [0, 0.05) is 36.9 Å². The zero-order valence-electron chi connectivity index (χ0n) is 16.4. The minimum absolute atomic E-state index is 0.311. The lowest BCUT2D eigenvalue weighted by Gasteiger charge is -2.24. The molecule has 0 bridgehead atoms. The van der Waals surface area contributed by atoms with Crippen molar-refractivity contribution in [3.63, 3.8) is 0 Å². The van der Waals surface area contributed by atoms with Gasteiger partial charge in [-0.25, -0.2) is 0 Å². The van der Waals surface area contributed by atoms with Crippen LogP contribution in [-0.2, 0) is 13.0 Å². The van der Waals surface area contributed by atoms with Gasteiger partial charge >= 0.3 is 0 Å². The molecule has 1 fully saturated rings. The normalized spacial score (nSPS) is 20.0. The number of guanidine groups is 1. The maximum absolute atomic E-state index is 5.39. The monoisotopic (exact) mass is 387 g/mol. The smallest absolute Gasteiger partial charge is 0.257 e. The van der Waals surface area contributed by atoms with E-state index in [9.17, 15) is 0 Å². The third kappa shape index (κ3) is 5.48. The standard InChI is InChI=1S/C20H29N5OS/c1-4-7-17-24-18(26-25-17)16-9-5-8-15(12-16)13-22-19(21-3)23-14-20(2)10-6-11-27-20/h5,8-9,12H,4,6-7,10-11,13-14H2,1-3H3,(H2,21,22,23). The van der Waals surface area contributed by atoms with Crippen LogP contribution in [0.25, 0.3) is 11.5 Å². The number of hydrogen-bond donors (Lipinski definition) is 2. The number of rotatable bonds is 7. The number of benzene rings is 1. The second-order valence-corrected chi connectivity index (χ2v) is 8.83. The highest BCUT2D eigenvalue weighted by molar-refractivity contribution is 8.00. The fraction of sp³-hybridized carbons (Fsp3) is 0.550. The molecular formula is C20H29N5OS. The predicted molar refractivity (Wildman–Crippen MR) is 112 cm³/mol. The third-order valence-electron chi connectivity index (χ3n) is 4.73. The van der Waals surface area contributed by atoms with Crippen molar-refractivity contribution in [2.24, 2.45) is 4.99 Å². The molecule has 1 aromatic carbocycles. The summed E-state index contributed by atoms with van der Waals surface area (Å²) in [5, 5.41) is 10.9. The van der Waals surface area contributed by atoms with Gasteiger partial charge in [-0.3, -0.25) is 4.99 Å². The first kappa shape index (κ1) is 19.7. The second kappa shape index (κ2) is 9.26. The molecule has 1 saturated heterocycles. The van der Waals surface area contributed by atoms with Crippen molar-refractivity contribution in [3.8, 4) is 11.5 Å². The van der Waals surface area contributed by atoms with E-state index in [0.29, 0.717) is 17.2 Å². The Labute approximate surface area is 165 Å². The van der Waals surface area contributed by atoms with Crippen LogP contribution in [0.3, 0.4) is 0 Å². The Morgan fingerprint density at radius 3 is 3.00 bits per heavy atom. The first-order valence-corrected chi connectivity index (χ1v) is 10.6. The fourth-order valence-electron chi connectivity index (χ4n) is 3.16. The Morgan fingerprint density at radius 1 is 1.37 bits per heavy atom. The van der Waals surface area contributed by atoms with Crippen LogP contribution in [-0.4, -0.2) is 40.2 Å². The molecule has 2 heterocycles. The quantitative estimate of drug-likeness (QED) is 0.558. The van der Waals surface area contributed by atoms with Crippen LogP contribution in [0.4, 0.5) is 0 Å². The molecule has 0 saturated carbocycles. The van der Waals surface area contributed by atoms with Gasteiger partial charge in [-0.05, 0) is 49.6 Å². The summed E-state index contributed by atoms with van der Waals surface area (Å²) in [7, 11) is 1.81. The number of hydrogen-bond acceptors (Lipinski definition) is 5. The van der Waals surface area contributed by atoms with Crippen molar-refractivity contribution in [1.29, 1.82) is 0 Å². The molecule has 27 heavy (non-hydrogen) atoms. The number of aliphatic imine (C=N–C) groups is 1. The van der Waals surface area contributed by atoms with Gasteiger partial charge < -0.3 is 15.2 Å². The van der Waals surface area contributed by atoms with Crippen molar-refractivity contribution in [1.82, 2.24) is 20.8 Å². The van der Waals surface area contributed by atoms with Crippen LogP contribution in [0, 0.1) is 0 Å². The molecular weight excluding hydrogens is 358 g/mol. The van der Waals surface area contributed by atoms with E-state index in [2.05, 4.69) is 51.7 Å². The van der Waals surface area contributed by atoms with E-state index in [1.54, 1.807) is 0 Å². The molecule has 1 atom stereocenters. The molecule has 0 radical (unpaired) electrons. The van der Waals surface area contributed by atoms with Crippen molar-refractivity contribution >= 4 is 17.7 Å². The lowest BCUT2D eigenvalue weighted by atomic mass is 10.1. The summed E-state index contributed by atoms with van der Waals surface area (Å²) in [6.07, 6.45) is 4.40. The number of aromatic nitrogens is 2. The second-order valence-electron chi connectivity index (χ2n) is 7.15. The highest BCUT2D eigenvalue weighted by Gasteiger charge is 2.29. The zero-order chi connectivity index (χ0) is 19.1. The first-order chi connectivity index (χ1) is 13.1. The van der Waals surface area contributed by atoms with Crippen molar-refractivity contribution in [2.45, 2.75) is 50.8 Å². The van der Waals surface area contributed by atoms with Crippen LogP contribution in [0.15, 0.2) is 33.8 Å². The van der Waals surface area contributed by atoms with Gasteiger partial charge in [0.05, 0.1) is 0 Å². The van der Waals surface area contributed by atoms with Crippen LogP contribution >= 0.6 is 11.8 Å². The molecule has 1 aliphatic heterocycles. The van der Waals surface area contributed by atoms with Crippen molar-refractivity contribution in [2.75, 3.05) is 19.3 Å². The van der Waals surface area contributed by atoms with Gasteiger partial charge in [0.25, 0.3) is 5.89 Å². The van der Waals surface area contributed by atoms with Crippen LogP contribution < -0.4 is 10.6 Å². The molecule has 0 aliphatic carbocycles. The summed E-state index contributed by atoms with van der Waals surface area (Å²) in [5.74, 6) is 3.43. The Hall–Kier alpha value is -2.02. The molecule has 2 N–H and O–H groups in total. The van der Waals surface area contributed by atoms with E-state index in [1.807, 2.05) is 30.9 Å². The van der Waals surface area contributed by atoms with Crippen molar-refractivity contribution < 1.29 is 4.52 Å². The average molecular weight is 388 g/mol. The number of thioether (sulfide) groups is 1. The number of nitrogens with zero attached hydrogens (tertiary/aromatic N) is 3. The summed E-state index contributed by atoms with van der Waals surface area (Å²) < 4.78 is 5.70. The van der Waals surface area contributed by atoms with E-state index < -0.39 is 0 Å². The Kier molecular flexibility index (Phi) is 6.77. The van der Waals surface area contributed by atoms with Gasteiger partial charge in [0.1, 0.15) is 0 Å². The summed E-state index contributed by atoms with van der Waals surface area (Å²) >= 11 is 2.05. The summed E-state index contributed by atoms with van der Waals surface area (Å²) in [6.45, 7) is 6.05. The zero-order valence-corrected chi connectivity index (χ0v) is 17.2. The van der Waals surface area contributed by atoms with Crippen molar-refractivity contribution in [3.05, 3.63) is 35.7 Å². The molecule has 0 amide bonds. The molecule has 1 unspecified atom stereocenters. The van der Waals surface area contributed by atoms with Crippen LogP contribution in [0.2, 0.25) is 0 Å². The average Bonchev–Trinajstić information content (AvgIpc) is 3.32. The summed E-state index contributed by atoms with van der Waals surface area (Å²) in [4.78, 5) is 8.81. The molecule has 1 aromatic heterocycles. The van der Waals surface area contributed by atoms with E-state index in [4.69, 9.17) is 4.52 Å². The molecule has 1 aliphatic rings. The maximum atomic E-state index is 5.39. The largest absolute Gasteiger partial charge is 0.355 e. The van der Waals surface area contributed by atoms with E-state index >= 15 is 0 Å². The van der Waals surface area contributed by atoms with E-state index in [1.165, 1.54) is 18.6 Å². The van der Waals surface area contributed by atoms with Gasteiger partial charge in [-0.2, -0.15) is 16.7 Å². The molecule has 146 valence electrons. The minimum atomic E-state index is 0.311. The first-order valence-electron chi connectivity index (χ1n) is 9.62. The van der Waals surface area contributed by atoms with E-state index in [-0.39, 0.29) is 0 Å². The Morgan fingerprint density at radius 2 is 2.26 bits per heavy atom. The summed E-state index contributed by atoms with van der Waals surface area (Å²) in [6, 6.07) is 8.18. The van der Waals surface area contributed by atoms with Gasteiger partial charge in [-0.15, -0.1) is 0 Å². The van der Waals surface area contributed by atoms with Gasteiger partial charge in [0.15, 0.2) is 11.8 Å². The lowest BCUT2D eigenvalue weighted by Crippen LogP contribution is -2.43. The molecule has 0 spiro atoms. The minimum Gasteiger partial charge on any atom is -0.355 e. The lowest BCUT2D eigenvalue weighted by molar-refractivity contribution is 0.422. The van der Waals surface area contributed by atoms with Crippen LogP contribution in [0.5, 0.6) is 0 Å². The van der Waals surface area contributed by atoms with Crippen LogP contribution in [0.1, 0.15) is 44.5 Å². The third-order valence-corrected chi connectivity index (χ3v) is 6.27. The molecule has 3 rings (SSSR count). The molecule has 7 heteroatoms. The topological polar surface area (TPSA) is 75.3 Å². The predicted octanol–water partition coefficient (Wildman–Crippen LogP) is 3.64. The Balaban J connectivity index is 1.56. The van der Waals surface area contributed by atoms with Gasteiger partial charge in [-0.1, -0.05) is 24.2 Å². The van der Waals surface area contributed by atoms with Gasteiger partial charge in [0.2, 0.25) is 0 Å². The number of aryl methyl sites for hydroxylation is 1. The molecule has 2 aromatic rings. The number of nitrogens with one attached hydrogen (secondary N) is 2. The molecule has 6 nitrogen and oxygen atoms in total. The highest BCUT2D eigenvalue weighted by Crippen LogP contribution is 2.36. The summed E-state index contributed by atoms with van der Waals surface area (Å²) in [5.41, 5.74) is 2.09. The Bertz CT molecular complexity index is 767. The fourth-order valence-corrected chi connectivity index (χ4v) is 4.41.